The van der Waals surface area contributed by atoms with Gasteiger partial charge in [-0.2, -0.15) is 4.31 Å². The standard InChI is InChI=1S/C23H30N2O4S/c1-18(17-23(2,3)20-7-5-4-6-8-20)24-22(26)19-9-11-21(12-10-19)30(27,28)25-13-15-29-16-14-25/h4-12,18H,13-17H2,1-3H3,(H,24,26)/t18-/m0/s1. The second-order valence-corrected chi connectivity index (χ2v) is 10.3. The van der Waals surface area contributed by atoms with Crippen molar-refractivity contribution in [2.24, 2.45) is 0 Å². The lowest BCUT2D eigenvalue weighted by Gasteiger charge is -2.29. The van der Waals surface area contributed by atoms with E-state index in [0.717, 1.165) is 6.42 Å². The van der Waals surface area contributed by atoms with Crippen LogP contribution < -0.4 is 5.32 Å². The average Bonchev–Trinajstić information content (AvgIpc) is 2.74. The molecule has 2 aromatic carbocycles. The van der Waals surface area contributed by atoms with Crippen molar-refractivity contribution < 1.29 is 17.9 Å². The zero-order valence-electron chi connectivity index (χ0n) is 17.8. The highest BCUT2D eigenvalue weighted by molar-refractivity contribution is 7.89. The van der Waals surface area contributed by atoms with Gasteiger partial charge in [-0.15, -0.1) is 0 Å². The smallest absolute Gasteiger partial charge is 0.251 e. The Bertz CT molecular complexity index is 950. The van der Waals surface area contributed by atoms with Crippen LogP contribution in [0.5, 0.6) is 0 Å². The highest BCUT2D eigenvalue weighted by Gasteiger charge is 2.27. The summed E-state index contributed by atoms with van der Waals surface area (Å²) in [5, 5.41) is 3.03. The molecule has 7 heteroatoms. The Morgan fingerprint density at radius 1 is 1.07 bits per heavy atom. The van der Waals surface area contributed by atoms with Crippen LogP contribution in [0.2, 0.25) is 0 Å². The number of ether oxygens (including phenoxy) is 1. The van der Waals surface area contributed by atoms with E-state index >= 15 is 0 Å². The third-order valence-electron chi connectivity index (χ3n) is 5.47. The lowest BCUT2D eigenvalue weighted by atomic mass is 9.79. The number of morpholine rings is 1. The summed E-state index contributed by atoms with van der Waals surface area (Å²) in [5.74, 6) is -0.207. The molecule has 1 amide bonds. The van der Waals surface area contributed by atoms with Crippen LogP contribution in [0.15, 0.2) is 59.5 Å². The molecule has 0 aliphatic carbocycles. The molecular weight excluding hydrogens is 400 g/mol. The first kappa shape index (κ1) is 22.5. The van der Waals surface area contributed by atoms with E-state index in [4.69, 9.17) is 4.74 Å². The lowest BCUT2D eigenvalue weighted by molar-refractivity contribution is 0.0730. The van der Waals surface area contributed by atoms with Crippen LogP contribution in [0.3, 0.4) is 0 Å². The van der Waals surface area contributed by atoms with E-state index in [2.05, 4.69) is 31.3 Å². The normalized spacial score (nSPS) is 16.8. The predicted molar refractivity (Wildman–Crippen MR) is 117 cm³/mol. The van der Waals surface area contributed by atoms with Crippen LogP contribution in [-0.4, -0.2) is 51.0 Å². The number of hydrogen-bond donors (Lipinski definition) is 1. The van der Waals surface area contributed by atoms with Crippen LogP contribution in [-0.2, 0) is 20.2 Å². The second kappa shape index (κ2) is 9.29. The second-order valence-electron chi connectivity index (χ2n) is 8.37. The molecule has 0 radical (unpaired) electrons. The number of nitrogens with one attached hydrogen (secondary N) is 1. The Kier molecular flexibility index (Phi) is 6.95. The highest BCUT2D eigenvalue weighted by atomic mass is 32.2. The fourth-order valence-corrected chi connectivity index (χ4v) is 5.25. The van der Waals surface area contributed by atoms with E-state index in [-0.39, 0.29) is 22.3 Å². The van der Waals surface area contributed by atoms with Gasteiger partial charge in [0.15, 0.2) is 0 Å². The number of hydrogen-bond acceptors (Lipinski definition) is 4. The summed E-state index contributed by atoms with van der Waals surface area (Å²) >= 11 is 0. The fraction of sp³-hybridized carbons (Fsp3) is 0.435. The topological polar surface area (TPSA) is 75.7 Å². The van der Waals surface area contributed by atoms with Crippen molar-refractivity contribution in [3.05, 3.63) is 65.7 Å². The summed E-state index contributed by atoms with van der Waals surface area (Å²) < 4.78 is 32.1. The molecule has 6 nitrogen and oxygen atoms in total. The van der Waals surface area contributed by atoms with Gasteiger partial charge in [-0.3, -0.25) is 4.79 Å². The minimum atomic E-state index is -3.56. The first-order valence-electron chi connectivity index (χ1n) is 10.2. The molecule has 1 heterocycles. The summed E-state index contributed by atoms with van der Waals surface area (Å²) in [6.45, 7) is 7.80. The highest BCUT2D eigenvalue weighted by Crippen LogP contribution is 2.28. The Hall–Kier alpha value is -2.22. The van der Waals surface area contributed by atoms with Crippen LogP contribution in [0.4, 0.5) is 0 Å². The monoisotopic (exact) mass is 430 g/mol. The van der Waals surface area contributed by atoms with E-state index in [1.807, 2.05) is 25.1 Å². The van der Waals surface area contributed by atoms with E-state index in [1.54, 1.807) is 12.1 Å². The van der Waals surface area contributed by atoms with Crippen molar-refractivity contribution in [1.29, 1.82) is 0 Å². The maximum Gasteiger partial charge on any atom is 0.251 e. The summed E-state index contributed by atoms with van der Waals surface area (Å²) in [6, 6.07) is 16.3. The van der Waals surface area contributed by atoms with Crippen molar-refractivity contribution in [1.82, 2.24) is 9.62 Å². The van der Waals surface area contributed by atoms with Gasteiger partial charge in [0.25, 0.3) is 5.91 Å². The molecule has 1 saturated heterocycles. The molecule has 162 valence electrons. The van der Waals surface area contributed by atoms with Gasteiger partial charge < -0.3 is 10.1 Å². The Labute approximate surface area is 179 Å². The van der Waals surface area contributed by atoms with E-state index in [1.165, 1.54) is 22.0 Å². The molecule has 1 aliphatic rings. The summed E-state index contributed by atoms with van der Waals surface area (Å²) in [7, 11) is -3.56. The number of amides is 1. The maximum absolute atomic E-state index is 12.7. The van der Waals surface area contributed by atoms with Gasteiger partial charge in [0.1, 0.15) is 0 Å². The Morgan fingerprint density at radius 2 is 1.67 bits per heavy atom. The number of sulfonamides is 1. The zero-order valence-corrected chi connectivity index (χ0v) is 18.6. The van der Waals surface area contributed by atoms with Gasteiger partial charge in [-0.1, -0.05) is 44.2 Å². The quantitative estimate of drug-likeness (QED) is 0.732. The maximum atomic E-state index is 12.7. The molecule has 0 saturated carbocycles. The first-order chi connectivity index (χ1) is 14.2. The minimum absolute atomic E-state index is 0.0375. The molecule has 30 heavy (non-hydrogen) atoms. The van der Waals surface area contributed by atoms with Crippen LogP contribution in [0.25, 0.3) is 0 Å². The molecule has 0 spiro atoms. The summed E-state index contributed by atoms with van der Waals surface area (Å²) in [6.07, 6.45) is 0.784. The van der Waals surface area contributed by atoms with Crippen LogP contribution in [0, 0.1) is 0 Å². The van der Waals surface area contributed by atoms with E-state index in [0.29, 0.717) is 31.9 Å². The summed E-state index contributed by atoms with van der Waals surface area (Å²) in [5.41, 5.74) is 1.59. The SMILES string of the molecule is C[C@@H](CC(C)(C)c1ccccc1)NC(=O)c1ccc(S(=O)(=O)N2CCOCC2)cc1. The van der Waals surface area contributed by atoms with E-state index in [9.17, 15) is 13.2 Å². The van der Waals surface area contributed by atoms with Crippen molar-refractivity contribution in [2.45, 2.75) is 43.5 Å². The molecular formula is C23H30N2O4S. The number of carbonyl (C=O) groups is 1. The number of rotatable bonds is 7. The largest absolute Gasteiger partial charge is 0.379 e. The van der Waals surface area contributed by atoms with Gasteiger partial charge >= 0.3 is 0 Å². The van der Waals surface area contributed by atoms with Gasteiger partial charge in [0.05, 0.1) is 18.1 Å². The molecule has 0 aromatic heterocycles. The Morgan fingerprint density at radius 3 is 2.27 bits per heavy atom. The van der Waals surface area contributed by atoms with Crippen LogP contribution in [0.1, 0.15) is 43.1 Å². The molecule has 1 atom stereocenters. The van der Waals surface area contributed by atoms with Crippen molar-refractivity contribution in [3.8, 4) is 0 Å². The average molecular weight is 431 g/mol. The van der Waals surface area contributed by atoms with Crippen molar-refractivity contribution >= 4 is 15.9 Å². The van der Waals surface area contributed by atoms with Gasteiger partial charge in [0.2, 0.25) is 10.0 Å². The van der Waals surface area contributed by atoms with Crippen molar-refractivity contribution in [2.75, 3.05) is 26.3 Å². The number of carbonyl (C=O) groups excluding carboxylic acids is 1. The lowest BCUT2D eigenvalue weighted by Crippen LogP contribution is -2.40. The number of benzene rings is 2. The summed E-state index contributed by atoms with van der Waals surface area (Å²) in [4.78, 5) is 12.8. The molecule has 1 fully saturated rings. The molecule has 2 aromatic rings. The third kappa shape index (κ3) is 5.28. The molecule has 0 bridgehead atoms. The zero-order chi connectivity index (χ0) is 21.8. The Balaban J connectivity index is 1.63. The predicted octanol–water partition coefficient (Wildman–Crippen LogP) is 3.19. The molecule has 0 unspecified atom stereocenters. The van der Waals surface area contributed by atoms with Crippen molar-refractivity contribution in [3.63, 3.8) is 0 Å². The van der Waals surface area contributed by atoms with Gasteiger partial charge in [-0.25, -0.2) is 8.42 Å². The minimum Gasteiger partial charge on any atom is -0.379 e. The molecule has 1 N–H and O–H groups in total. The third-order valence-corrected chi connectivity index (χ3v) is 7.39. The number of nitrogens with zero attached hydrogens (tertiary/aromatic N) is 1. The molecule has 3 rings (SSSR count). The van der Waals surface area contributed by atoms with Crippen LogP contribution >= 0.6 is 0 Å². The fourth-order valence-electron chi connectivity index (χ4n) is 3.85. The molecule has 1 aliphatic heterocycles. The van der Waals surface area contributed by atoms with Gasteiger partial charge in [-0.05, 0) is 48.6 Å². The first-order valence-corrected chi connectivity index (χ1v) is 11.7. The van der Waals surface area contributed by atoms with E-state index < -0.39 is 10.0 Å². The van der Waals surface area contributed by atoms with Gasteiger partial charge in [0, 0.05) is 24.7 Å².